The van der Waals surface area contributed by atoms with Gasteiger partial charge in [-0.05, 0) is 43.4 Å². The van der Waals surface area contributed by atoms with Gasteiger partial charge in [0, 0.05) is 5.92 Å². The lowest BCUT2D eigenvalue weighted by Crippen LogP contribution is -2.34. The summed E-state index contributed by atoms with van der Waals surface area (Å²) in [6, 6.07) is 16.7. The van der Waals surface area contributed by atoms with Gasteiger partial charge in [0.05, 0.1) is 6.04 Å². The summed E-state index contributed by atoms with van der Waals surface area (Å²) in [6.07, 6.45) is 4.41. The molecule has 3 rings (SSSR count). The molecule has 0 aromatic heterocycles. The quantitative estimate of drug-likeness (QED) is 0.871. The first kappa shape index (κ1) is 15.8. The summed E-state index contributed by atoms with van der Waals surface area (Å²) in [5.74, 6) is 0.392. The van der Waals surface area contributed by atoms with Gasteiger partial charge in [0.1, 0.15) is 0 Å². The lowest BCUT2D eigenvalue weighted by molar-refractivity contribution is -0.125. The lowest BCUT2D eigenvalue weighted by Gasteiger charge is -2.23. The molecule has 1 N–H and O–H groups in total. The Morgan fingerprint density at radius 3 is 2.39 bits per heavy atom. The van der Waals surface area contributed by atoms with Gasteiger partial charge in [0.15, 0.2) is 0 Å². The van der Waals surface area contributed by atoms with Gasteiger partial charge in [0.25, 0.3) is 0 Å². The van der Waals surface area contributed by atoms with E-state index in [1.807, 2.05) is 18.2 Å². The Bertz CT molecular complexity index is 671. The van der Waals surface area contributed by atoms with Gasteiger partial charge >= 0.3 is 0 Å². The van der Waals surface area contributed by atoms with Crippen molar-refractivity contribution in [3.8, 4) is 0 Å². The number of rotatable bonds is 4. The summed E-state index contributed by atoms with van der Waals surface area (Å²) in [7, 11) is 0. The fourth-order valence-electron chi connectivity index (χ4n) is 3.58. The van der Waals surface area contributed by atoms with Crippen molar-refractivity contribution < 1.29 is 4.79 Å². The van der Waals surface area contributed by atoms with Crippen LogP contribution in [0.4, 0.5) is 0 Å². The monoisotopic (exact) mass is 307 g/mol. The molecular weight excluding hydrogens is 282 g/mol. The van der Waals surface area contributed by atoms with Crippen molar-refractivity contribution in [2.24, 2.45) is 5.92 Å². The normalized spacial score (nSPS) is 16.3. The molecule has 2 heteroatoms. The molecule has 120 valence electrons. The number of aryl methyl sites for hydroxylation is 2. The lowest BCUT2D eigenvalue weighted by atomic mass is 9.93. The van der Waals surface area contributed by atoms with Gasteiger partial charge in [-0.1, -0.05) is 66.9 Å². The molecule has 1 atom stereocenters. The molecule has 0 aliphatic heterocycles. The fraction of sp³-hybridized carbons (Fsp3) is 0.381. The Labute approximate surface area is 138 Å². The Morgan fingerprint density at radius 2 is 1.74 bits per heavy atom. The number of benzene rings is 2. The topological polar surface area (TPSA) is 29.1 Å². The molecule has 2 aromatic rings. The third-order valence-corrected chi connectivity index (χ3v) is 4.88. The molecule has 0 unspecified atom stereocenters. The Balaban J connectivity index is 1.92. The predicted molar refractivity (Wildman–Crippen MR) is 94.3 cm³/mol. The molecular formula is C21H25NO. The van der Waals surface area contributed by atoms with Crippen LogP contribution >= 0.6 is 0 Å². The summed E-state index contributed by atoms with van der Waals surface area (Å²) in [6.45, 7) is 4.23. The SMILES string of the molecule is Cc1ccc([C@H](NC(=O)C2CCCC2)c2ccccc2)c(C)c1. The van der Waals surface area contributed by atoms with Crippen molar-refractivity contribution in [3.05, 3.63) is 70.8 Å². The van der Waals surface area contributed by atoms with Crippen molar-refractivity contribution in [1.82, 2.24) is 5.32 Å². The molecule has 1 aliphatic rings. The maximum absolute atomic E-state index is 12.7. The van der Waals surface area contributed by atoms with Gasteiger partial charge in [-0.25, -0.2) is 0 Å². The smallest absolute Gasteiger partial charge is 0.223 e. The van der Waals surface area contributed by atoms with Crippen LogP contribution in [0.1, 0.15) is 54.0 Å². The van der Waals surface area contributed by atoms with Crippen LogP contribution in [0.3, 0.4) is 0 Å². The second kappa shape index (κ2) is 6.99. The molecule has 0 spiro atoms. The first-order valence-corrected chi connectivity index (χ1v) is 8.57. The van der Waals surface area contributed by atoms with E-state index < -0.39 is 0 Å². The molecule has 1 saturated carbocycles. The average Bonchev–Trinajstić information content (AvgIpc) is 3.08. The number of amides is 1. The minimum absolute atomic E-state index is 0.0649. The molecule has 0 radical (unpaired) electrons. The molecule has 0 bridgehead atoms. The summed E-state index contributed by atoms with van der Waals surface area (Å²) in [5.41, 5.74) is 4.81. The zero-order valence-electron chi connectivity index (χ0n) is 14.0. The van der Waals surface area contributed by atoms with Gasteiger partial charge in [-0.15, -0.1) is 0 Å². The van der Waals surface area contributed by atoms with Crippen molar-refractivity contribution in [2.75, 3.05) is 0 Å². The Hall–Kier alpha value is -2.09. The van der Waals surface area contributed by atoms with Crippen molar-refractivity contribution in [2.45, 2.75) is 45.6 Å². The third-order valence-electron chi connectivity index (χ3n) is 4.88. The molecule has 2 aromatic carbocycles. The summed E-state index contributed by atoms with van der Waals surface area (Å²) >= 11 is 0. The van der Waals surface area contributed by atoms with E-state index in [-0.39, 0.29) is 17.9 Å². The fourth-order valence-corrected chi connectivity index (χ4v) is 3.58. The van der Waals surface area contributed by atoms with E-state index in [9.17, 15) is 4.79 Å². The van der Waals surface area contributed by atoms with Gasteiger partial charge in [-0.2, -0.15) is 0 Å². The molecule has 1 fully saturated rings. The number of carbonyl (C=O) groups is 1. The number of hydrogen-bond donors (Lipinski definition) is 1. The van der Waals surface area contributed by atoms with E-state index in [2.05, 4.69) is 49.5 Å². The first-order valence-electron chi connectivity index (χ1n) is 8.57. The van der Waals surface area contributed by atoms with E-state index in [0.717, 1.165) is 18.4 Å². The molecule has 0 heterocycles. The summed E-state index contributed by atoms with van der Waals surface area (Å²) in [4.78, 5) is 12.7. The van der Waals surface area contributed by atoms with Crippen LogP contribution in [-0.2, 0) is 4.79 Å². The van der Waals surface area contributed by atoms with Crippen LogP contribution in [0.15, 0.2) is 48.5 Å². The van der Waals surface area contributed by atoms with Crippen molar-refractivity contribution in [3.63, 3.8) is 0 Å². The van der Waals surface area contributed by atoms with E-state index >= 15 is 0 Å². The van der Waals surface area contributed by atoms with Crippen LogP contribution in [0.5, 0.6) is 0 Å². The molecule has 0 saturated heterocycles. The number of carbonyl (C=O) groups excluding carboxylic acids is 1. The van der Waals surface area contributed by atoms with Crippen LogP contribution < -0.4 is 5.32 Å². The maximum Gasteiger partial charge on any atom is 0.223 e. The summed E-state index contributed by atoms with van der Waals surface area (Å²) < 4.78 is 0. The van der Waals surface area contributed by atoms with Crippen LogP contribution in [0.25, 0.3) is 0 Å². The zero-order valence-corrected chi connectivity index (χ0v) is 14.0. The molecule has 1 amide bonds. The van der Waals surface area contributed by atoms with E-state index in [4.69, 9.17) is 0 Å². The molecule has 2 nitrogen and oxygen atoms in total. The average molecular weight is 307 g/mol. The second-order valence-electron chi connectivity index (χ2n) is 6.69. The van der Waals surface area contributed by atoms with Gasteiger partial charge in [0.2, 0.25) is 5.91 Å². The molecule has 1 aliphatic carbocycles. The van der Waals surface area contributed by atoms with Gasteiger partial charge < -0.3 is 5.32 Å². The highest BCUT2D eigenvalue weighted by Crippen LogP contribution is 2.29. The van der Waals surface area contributed by atoms with Gasteiger partial charge in [-0.3, -0.25) is 4.79 Å². The molecule has 23 heavy (non-hydrogen) atoms. The highest BCUT2D eigenvalue weighted by atomic mass is 16.1. The minimum atomic E-state index is -0.0649. The summed E-state index contributed by atoms with van der Waals surface area (Å²) in [5, 5.41) is 3.31. The number of hydrogen-bond acceptors (Lipinski definition) is 1. The van der Waals surface area contributed by atoms with Crippen LogP contribution in [-0.4, -0.2) is 5.91 Å². The highest BCUT2D eigenvalue weighted by molar-refractivity contribution is 5.80. The van der Waals surface area contributed by atoms with Crippen LogP contribution in [0.2, 0.25) is 0 Å². The second-order valence-corrected chi connectivity index (χ2v) is 6.69. The zero-order chi connectivity index (χ0) is 16.2. The maximum atomic E-state index is 12.7. The van der Waals surface area contributed by atoms with Crippen LogP contribution in [0, 0.1) is 19.8 Å². The predicted octanol–water partition coefficient (Wildman–Crippen LogP) is 4.70. The Morgan fingerprint density at radius 1 is 1.04 bits per heavy atom. The number of nitrogens with one attached hydrogen (secondary N) is 1. The van der Waals surface area contributed by atoms with E-state index in [1.165, 1.54) is 29.5 Å². The standard InChI is InChI=1S/C21H25NO/c1-15-12-13-19(16(2)14-15)20(17-8-4-3-5-9-17)22-21(23)18-10-6-7-11-18/h3-5,8-9,12-14,18,20H,6-7,10-11H2,1-2H3,(H,22,23)/t20-/m1/s1. The van der Waals surface area contributed by atoms with E-state index in [1.54, 1.807) is 0 Å². The third kappa shape index (κ3) is 3.64. The first-order chi connectivity index (χ1) is 11.1. The van der Waals surface area contributed by atoms with Crippen molar-refractivity contribution >= 4 is 5.91 Å². The Kier molecular flexibility index (Phi) is 4.80. The highest BCUT2D eigenvalue weighted by Gasteiger charge is 2.26. The van der Waals surface area contributed by atoms with Crippen molar-refractivity contribution in [1.29, 1.82) is 0 Å². The largest absolute Gasteiger partial charge is 0.345 e. The van der Waals surface area contributed by atoms with E-state index in [0.29, 0.717) is 0 Å². The minimum Gasteiger partial charge on any atom is -0.345 e.